The highest BCUT2D eigenvalue weighted by atomic mass is 14.9. The first-order valence-electron chi connectivity index (χ1n) is 4.32. The number of hydrogen-bond acceptors (Lipinski definition) is 1. The lowest BCUT2D eigenvalue weighted by Crippen LogP contribution is -2.24. The van der Waals surface area contributed by atoms with Gasteiger partial charge in [-0.1, -0.05) is 12.2 Å². The fourth-order valence-corrected chi connectivity index (χ4v) is 1.96. The Hall–Kier alpha value is -0.300. The van der Waals surface area contributed by atoms with Gasteiger partial charge in [0, 0.05) is 6.54 Å². The van der Waals surface area contributed by atoms with E-state index in [1.54, 1.807) is 0 Å². The van der Waals surface area contributed by atoms with Crippen LogP contribution < -0.4 is 5.32 Å². The molecule has 1 fully saturated rings. The van der Waals surface area contributed by atoms with Crippen molar-refractivity contribution in [2.45, 2.75) is 19.3 Å². The zero-order valence-corrected chi connectivity index (χ0v) is 6.34. The first kappa shape index (κ1) is 6.41. The van der Waals surface area contributed by atoms with Gasteiger partial charge in [0.05, 0.1) is 0 Å². The van der Waals surface area contributed by atoms with E-state index in [9.17, 15) is 0 Å². The minimum atomic E-state index is 0.840. The topological polar surface area (TPSA) is 12.0 Å². The van der Waals surface area contributed by atoms with Crippen LogP contribution in [0.1, 0.15) is 19.3 Å². The Labute approximate surface area is 62.5 Å². The summed E-state index contributed by atoms with van der Waals surface area (Å²) in [6.45, 7) is 2.47. The molecule has 0 spiro atoms. The van der Waals surface area contributed by atoms with Crippen molar-refractivity contribution in [2.24, 2.45) is 11.8 Å². The lowest BCUT2D eigenvalue weighted by molar-refractivity contribution is 0.488. The quantitative estimate of drug-likeness (QED) is 0.500. The van der Waals surface area contributed by atoms with Crippen LogP contribution in [0.25, 0.3) is 0 Å². The SMILES string of the molecule is C1=CC2CCC(C1)CNC2. The first-order valence-corrected chi connectivity index (χ1v) is 4.32. The molecule has 2 rings (SSSR count). The molecule has 0 amide bonds. The van der Waals surface area contributed by atoms with E-state index in [4.69, 9.17) is 0 Å². The monoisotopic (exact) mass is 137 g/mol. The van der Waals surface area contributed by atoms with Gasteiger partial charge in [0.15, 0.2) is 0 Å². The molecule has 1 N–H and O–H groups in total. The second-order valence-electron chi connectivity index (χ2n) is 3.53. The molecule has 0 aromatic carbocycles. The molecule has 0 saturated carbocycles. The second-order valence-corrected chi connectivity index (χ2v) is 3.53. The van der Waals surface area contributed by atoms with E-state index < -0.39 is 0 Å². The number of rotatable bonds is 0. The highest BCUT2D eigenvalue weighted by molar-refractivity contribution is 4.96. The van der Waals surface area contributed by atoms with E-state index in [1.165, 1.54) is 32.4 Å². The van der Waals surface area contributed by atoms with Gasteiger partial charge in [-0.3, -0.25) is 0 Å². The van der Waals surface area contributed by atoms with Gasteiger partial charge in [0.2, 0.25) is 0 Å². The van der Waals surface area contributed by atoms with E-state index in [1.807, 2.05) is 0 Å². The van der Waals surface area contributed by atoms with Crippen LogP contribution in [-0.4, -0.2) is 13.1 Å². The smallest absolute Gasteiger partial charge is 0.00143 e. The Balaban J connectivity index is 2.11. The highest BCUT2D eigenvalue weighted by Gasteiger charge is 2.18. The molecule has 2 atom stereocenters. The summed E-state index contributed by atoms with van der Waals surface area (Å²) < 4.78 is 0. The summed E-state index contributed by atoms with van der Waals surface area (Å²) in [5.74, 6) is 1.77. The van der Waals surface area contributed by atoms with Crippen LogP contribution in [0.2, 0.25) is 0 Å². The molecule has 56 valence electrons. The lowest BCUT2D eigenvalue weighted by atomic mass is 10.0. The van der Waals surface area contributed by atoms with Crippen molar-refractivity contribution in [3.63, 3.8) is 0 Å². The normalized spacial score (nSPS) is 39.2. The van der Waals surface area contributed by atoms with Crippen LogP contribution in [-0.2, 0) is 0 Å². The Bertz CT molecular complexity index is 140. The molecule has 2 unspecified atom stereocenters. The first-order chi connectivity index (χ1) is 4.95. The molecule has 0 radical (unpaired) electrons. The summed E-state index contributed by atoms with van der Waals surface area (Å²) in [5, 5.41) is 3.50. The van der Waals surface area contributed by atoms with E-state index in [-0.39, 0.29) is 0 Å². The lowest BCUT2D eigenvalue weighted by Gasteiger charge is -2.11. The number of allylic oxidation sites excluding steroid dienone is 1. The van der Waals surface area contributed by atoms with Crippen molar-refractivity contribution < 1.29 is 0 Å². The molecule has 0 aromatic heterocycles. The van der Waals surface area contributed by atoms with Gasteiger partial charge >= 0.3 is 0 Å². The van der Waals surface area contributed by atoms with Crippen molar-refractivity contribution >= 4 is 0 Å². The Kier molecular flexibility index (Phi) is 1.76. The summed E-state index contributed by atoms with van der Waals surface area (Å²) in [6, 6.07) is 0. The highest BCUT2D eigenvalue weighted by Crippen LogP contribution is 2.23. The number of hydrogen-bond donors (Lipinski definition) is 1. The van der Waals surface area contributed by atoms with E-state index >= 15 is 0 Å². The molecule has 2 bridgehead atoms. The Morgan fingerprint density at radius 2 is 2.20 bits per heavy atom. The third kappa shape index (κ3) is 1.24. The summed E-state index contributed by atoms with van der Waals surface area (Å²) in [5.41, 5.74) is 0. The summed E-state index contributed by atoms with van der Waals surface area (Å²) in [7, 11) is 0. The summed E-state index contributed by atoms with van der Waals surface area (Å²) in [6.07, 6.45) is 8.93. The predicted molar refractivity (Wildman–Crippen MR) is 42.8 cm³/mol. The van der Waals surface area contributed by atoms with Gasteiger partial charge in [-0.05, 0) is 37.6 Å². The molecular weight excluding hydrogens is 122 g/mol. The van der Waals surface area contributed by atoms with Crippen molar-refractivity contribution in [1.82, 2.24) is 5.32 Å². The molecule has 1 heterocycles. The third-order valence-corrected chi connectivity index (χ3v) is 2.66. The van der Waals surface area contributed by atoms with E-state index in [2.05, 4.69) is 17.5 Å². The molecule has 1 saturated heterocycles. The zero-order chi connectivity index (χ0) is 6.81. The number of nitrogens with one attached hydrogen (secondary N) is 1. The second kappa shape index (κ2) is 2.75. The van der Waals surface area contributed by atoms with Gasteiger partial charge in [-0.2, -0.15) is 0 Å². The van der Waals surface area contributed by atoms with Crippen molar-refractivity contribution in [3.8, 4) is 0 Å². The predicted octanol–water partition coefficient (Wildman–Crippen LogP) is 1.56. The largest absolute Gasteiger partial charge is 0.316 e. The van der Waals surface area contributed by atoms with Crippen molar-refractivity contribution in [2.75, 3.05) is 13.1 Å². The average molecular weight is 137 g/mol. The maximum atomic E-state index is 3.50. The van der Waals surface area contributed by atoms with Crippen LogP contribution in [0.5, 0.6) is 0 Å². The minimum Gasteiger partial charge on any atom is -0.316 e. The van der Waals surface area contributed by atoms with Gasteiger partial charge in [0.25, 0.3) is 0 Å². The molecule has 1 heteroatoms. The fourth-order valence-electron chi connectivity index (χ4n) is 1.96. The van der Waals surface area contributed by atoms with Crippen LogP contribution in [0.3, 0.4) is 0 Å². The molecule has 0 aromatic rings. The van der Waals surface area contributed by atoms with Gasteiger partial charge in [0.1, 0.15) is 0 Å². The molecule has 1 aliphatic heterocycles. The Morgan fingerprint density at radius 3 is 3.20 bits per heavy atom. The fraction of sp³-hybridized carbons (Fsp3) is 0.778. The van der Waals surface area contributed by atoms with Gasteiger partial charge in [-0.25, -0.2) is 0 Å². The Morgan fingerprint density at radius 1 is 1.20 bits per heavy atom. The van der Waals surface area contributed by atoms with Crippen molar-refractivity contribution in [1.29, 1.82) is 0 Å². The van der Waals surface area contributed by atoms with Crippen LogP contribution in [0, 0.1) is 11.8 Å². The van der Waals surface area contributed by atoms with Gasteiger partial charge in [-0.15, -0.1) is 0 Å². The van der Waals surface area contributed by atoms with Crippen LogP contribution in [0.15, 0.2) is 12.2 Å². The van der Waals surface area contributed by atoms with Crippen LogP contribution in [0.4, 0.5) is 0 Å². The molecule has 2 aliphatic rings. The zero-order valence-electron chi connectivity index (χ0n) is 6.34. The van der Waals surface area contributed by atoms with Crippen molar-refractivity contribution in [3.05, 3.63) is 12.2 Å². The maximum Gasteiger partial charge on any atom is 0.00143 e. The summed E-state index contributed by atoms with van der Waals surface area (Å²) in [4.78, 5) is 0. The molecule has 1 aliphatic carbocycles. The van der Waals surface area contributed by atoms with Gasteiger partial charge < -0.3 is 5.32 Å². The third-order valence-electron chi connectivity index (χ3n) is 2.66. The van der Waals surface area contributed by atoms with E-state index in [0.717, 1.165) is 11.8 Å². The molecule has 1 nitrogen and oxygen atoms in total. The summed E-state index contributed by atoms with van der Waals surface area (Å²) >= 11 is 0. The molecular formula is C9H15N. The maximum absolute atomic E-state index is 3.50. The standard InChI is InChI=1S/C9H15N/c1-2-8-4-5-9(3-1)7-10-6-8/h1-2,8-10H,3-7H2. The minimum absolute atomic E-state index is 0.840. The van der Waals surface area contributed by atoms with E-state index in [0.29, 0.717) is 0 Å². The molecule has 10 heavy (non-hydrogen) atoms. The van der Waals surface area contributed by atoms with Crippen LogP contribution >= 0.6 is 0 Å². The average Bonchev–Trinajstić information content (AvgIpc) is 2.17. The number of fused-ring (bicyclic) bond motifs is 3.